The Bertz CT molecular complexity index is 911. The van der Waals surface area contributed by atoms with E-state index < -0.39 is 59.6 Å². The second-order valence-corrected chi connectivity index (χ2v) is 9.14. The van der Waals surface area contributed by atoms with Crippen LogP contribution in [-0.4, -0.2) is 64.7 Å². The zero-order valence-corrected chi connectivity index (χ0v) is 20.4. The van der Waals surface area contributed by atoms with Crippen molar-refractivity contribution in [1.82, 2.24) is 16.0 Å². The molecule has 0 aliphatic heterocycles. The highest BCUT2D eigenvalue weighted by molar-refractivity contribution is 5.98. The predicted molar refractivity (Wildman–Crippen MR) is 126 cm³/mol. The molecule has 1 rings (SSSR count). The van der Waals surface area contributed by atoms with Gasteiger partial charge in [0.05, 0.1) is 11.5 Å². The number of benzene rings is 1. The molecule has 13 heteroatoms. The molecule has 5 N–H and O–H groups in total. The highest BCUT2D eigenvalue weighted by atomic mass is 16.6. The van der Waals surface area contributed by atoms with E-state index in [-0.39, 0.29) is 23.7 Å². The Morgan fingerprint density at radius 2 is 1.63 bits per heavy atom. The van der Waals surface area contributed by atoms with Gasteiger partial charge in [0.1, 0.15) is 24.2 Å². The van der Waals surface area contributed by atoms with E-state index in [4.69, 9.17) is 4.74 Å². The molecule has 2 atom stereocenters. The second kappa shape index (κ2) is 13.2. The molecule has 0 aliphatic rings. The van der Waals surface area contributed by atoms with E-state index in [2.05, 4.69) is 21.3 Å². The minimum Gasteiger partial charge on any atom is -0.444 e. The summed E-state index contributed by atoms with van der Waals surface area (Å²) in [6.07, 6.45) is -0.563. The first-order chi connectivity index (χ1) is 16.2. The fraction of sp³-hybridized carbons (Fsp3) is 0.545. The van der Waals surface area contributed by atoms with Crippen LogP contribution in [-0.2, 0) is 19.1 Å². The first kappa shape index (κ1) is 29.3. The molecule has 0 heterocycles. The number of nitrogens with zero attached hydrogens (tertiary/aromatic N) is 1. The number of nitro groups is 1. The average Bonchev–Trinajstić information content (AvgIpc) is 2.74. The van der Waals surface area contributed by atoms with Crippen molar-refractivity contribution < 1.29 is 33.9 Å². The first-order valence-corrected chi connectivity index (χ1v) is 10.9. The lowest BCUT2D eigenvalue weighted by Gasteiger charge is -2.23. The molecule has 1 aromatic rings. The standard InChI is InChI=1S/C22H33N5O8/c1-13(2)10-16(25-18(29)11-23-21(32)35-22(3,4)5)19(30)26-17(12-28)20(31)24-14-6-8-15(9-7-14)27(33)34/h6-9,13,16-17,28H,10-12H2,1-5H3,(H,23,32)(H,24,31)(H,25,29)(H,26,30)/t16-,17-/m0/s1. The molecule has 0 fully saturated rings. The third-order valence-corrected chi connectivity index (χ3v) is 4.31. The van der Waals surface area contributed by atoms with Crippen LogP contribution in [0, 0.1) is 16.0 Å². The number of carbonyl (C=O) groups is 4. The lowest BCUT2D eigenvalue weighted by atomic mass is 10.0. The number of ether oxygens (including phenoxy) is 1. The van der Waals surface area contributed by atoms with Crippen molar-refractivity contribution >= 4 is 35.2 Å². The summed E-state index contributed by atoms with van der Waals surface area (Å²) in [6, 6.07) is 2.63. The van der Waals surface area contributed by atoms with Crippen molar-refractivity contribution in [2.24, 2.45) is 5.92 Å². The van der Waals surface area contributed by atoms with E-state index in [1.807, 2.05) is 13.8 Å². The minimum atomic E-state index is -1.34. The molecule has 4 amide bonds. The van der Waals surface area contributed by atoms with Crippen molar-refractivity contribution in [2.45, 2.75) is 58.7 Å². The van der Waals surface area contributed by atoms with Crippen LogP contribution in [0.15, 0.2) is 24.3 Å². The number of hydrogen-bond donors (Lipinski definition) is 5. The Balaban J connectivity index is 2.75. The molecule has 0 bridgehead atoms. The number of nitrogens with one attached hydrogen (secondary N) is 4. The molecule has 35 heavy (non-hydrogen) atoms. The number of non-ortho nitro benzene ring substituents is 1. The highest BCUT2D eigenvalue weighted by Crippen LogP contribution is 2.15. The van der Waals surface area contributed by atoms with Gasteiger partial charge in [-0.3, -0.25) is 24.5 Å². The van der Waals surface area contributed by atoms with Crippen LogP contribution < -0.4 is 21.3 Å². The summed E-state index contributed by atoms with van der Waals surface area (Å²) in [6.45, 7) is 7.52. The van der Waals surface area contributed by atoms with Gasteiger partial charge in [-0.25, -0.2) is 4.79 Å². The summed E-state index contributed by atoms with van der Waals surface area (Å²) in [4.78, 5) is 59.4. The smallest absolute Gasteiger partial charge is 0.408 e. The summed E-state index contributed by atoms with van der Waals surface area (Å²) >= 11 is 0. The SMILES string of the molecule is CC(C)C[C@H](NC(=O)CNC(=O)OC(C)(C)C)C(=O)N[C@@H](CO)C(=O)Nc1ccc([N+](=O)[O-])cc1. The van der Waals surface area contributed by atoms with Gasteiger partial charge in [-0.15, -0.1) is 0 Å². The number of hydrogen-bond acceptors (Lipinski definition) is 8. The summed E-state index contributed by atoms with van der Waals surface area (Å²) in [5.74, 6) is -2.11. The van der Waals surface area contributed by atoms with E-state index in [1.54, 1.807) is 20.8 Å². The van der Waals surface area contributed by atoms with E-state index in [0.717, 1.165) is 0 Å². The summed E-state index contributed by atoms with van der Waals surface area (Å²) in [5, 5.41) is 30.0. The van der Waals surface area contributed by atoms with Crippen molar-refractivity contribution in [3.63, 3.8) is 0 Å². The summed E-state index contributed by atoms with van der Waals surface area (Å²) < 4.78 is 5.05. The van der Waals surface area contributed by atoms with Crippen molar-refractivity contribution in [3.8, 4) is 0 Å². The van der Waals surface area contributed by atoms with Gasteiger partial charge >= 0.3 is 6.09 Å². The largest absolute Gasteiger partial charge is 0.444 e. The van der Waals surface area contributed by atoms with E-state index in [1.165, 1.54) is 24.3 Å². The molecule has 0 aliphatic carbocycles. The lowest BCUT2D eigenvalue weighted by molar-refractivity contribution is -0.384. The van der Waals surface area contributed by atoms with Crippen LogP contribution in [0.2, 0.25) is 0 Å². The first-order valence-electron chi connectivity index (χ1n) is 10.9. The van der Waals surface area contributed by atoms with Crippen LogP contribution in [0.3, 0.4) is 0 Å². The molecule has 0 radical (unpaired) electrons. The number of aliphatic hydroxyl groups excluding tert-OH is 1. The molecule has 1 aromatic carbocycles. The maximum atomic E-state index is 12.8. The maximum Gasteiger partial charge on any atom is 0.408 e. The number of nitro benzene ring substituents is 1. The van der Waals surface area contributed by atoms with E-state index in [0.29, 0.717) is 0 Å². The molecule has 0 aromatic heterocycles. The summed E-state index contributed by atoms with van der Waals surface area (Å²) in [7, 11) is 0. The molecule has 0 unspecified atom stereocenters. The number of aliphatic hydroxyl groups is 1. The number of anilines is 1. The monoisotopic (exact) mass is 495 g/mol. The fourth-order valence-electron chi connectivity index (χ4n) is 2.78. The third kappa shape index (κ3) is 11.3. The van der Waals surface area contributed by atoms with Gasteiger partial charge in [-0.05, 0) is 45.2 Å². The highest BCUT2D eigenvalue weighted by Gasteiger charge is 2.27. The number of carbonyl (C=O) groups excluding carboxylic acids is 4. The lowest BCUT2D eigenvalue weighted by Crippen LogP contribution is -2.55. The van der Waals surface area contributed by atoms with Gasteiger partial charge in [0, 0.05) is 17.8 Å². The number of alkyl carbamates (subject to hydrolysis) is 1. The van der Waals surface area contributed by atoms with Gasteiger partial charge in [-0.2, -0.15) is 0 Å². The van der Waals surface area contributed by atoms with Gasteiger partial charge in [0.15, 0.2) is 0 Å². The third-order valence-electron chi connectivity index (χ3n) is 4.31. The van der Waals surface area contributed by atoms with Crippen LogP contribution in [0.5, 0.6) is 0 Å². The normalized spacial score (nSPS) is 12.8. The van der Waals surface area contributed by atoms with Crippen LogP contribution >= 0.6 is 0 Å². The van der Waals surface area contributed by atoms with Crippen molar-refractivity contribution in [3.05, 3.63) is 34.4 Å². The molecule has 194 valence electrons. The quantitative estimate of drug-likeness (QED) is 0.222. The fourth-order valence-corrected chi connectivity index (χ4v) is 2.78. The van der Waals surface area contributed by atoms with Crippen LogP contribution in [0.4, 0.5) is 16.2 Å². The topological polar surface area (TPSA) is 189 Å². The Kier molecular flexibility index (Phi) is 11.1. The predicted octanol–water partition coefficient (Wildman–Crippen LogP) is 1.07. The average molecular weight is 496 g/mol. The van der Waals surface area contributed by atoms with Crippen LogP contribution in [0.25, 0.3) is 0 Å². The van der Waals surface area contributed by atoms with Gasteiger partial charge < -0.3 is 31.1 Å². The number of rotatable bonds is 11. The molecule has 0 spiro atoms. The molecule has 13 nitrogen and oxygen atoms in total. The molecular weight excluding hydrogens is 462 g/mol. The maximum absolute atomic E-state index is 12.8. The van der Waals surface area contributed by atoms with Gasteiger partial charge in [0.25, 0.3) is 5.69 Å². The zero-order chi connectivity index (χ0) is 26.8. The van der Waals surface area contributed by atoms with Crippen LogP contribution in [0.1, 0.15) is 41.0 Å². The minimum absolute atomic E-state index is 0.00798. The molecular formula is C22H33N5O8. The van der Waals surface area contributed by atoms with Gasteiger partial charge in [0.2, 0.25) is 17.7 Å². The van der Waals surface area contributed by atoms with E-state index in [9.17, 15) is 34.4 Å². The number of amides is 4. The molecule has 0 saturated heterocycles. The van der Waals surface area contributed by atoms with Crippen molar-refractivity contribution in [1.29, 1.82) is 0 Å². The van der Waals surface area contributed by atoms with Gasteiger partial charge in [-0.1, -0.05) is 13.8 Å². The van der Waals surface area contributed by atoms with Crippen molar-refractivity contribution in [2.75, 3.05) is 18.5 Å². The summed E-state index contributed by atoms with van der Waals surface area (Å²) in [5.41, 5.74) is -0.674. The Labute approximate surface area is 203 Å². The Hall–Kier alpha value is -3.74. The Morgan fingerprint density at radius 3 is 2.11 bits per heavy atom. The Morgan fingerprint density at radius 1 is 1.03 bits per heavy atom. The molecule has 0 saturated carbocycles. The van der Waals surface area contributed by atoms with E-state index >= 15 is 0 Å². The zero-order valence-electron chi connectivity index (χ0n) is 20.4. The second-order valence-electron chi connectivity index (χ2n) is 9.14.